The van der Waals surface area contributed by atoms with Crippen molar-refractivity contribution < 1.29 is 9.31 Å². The van der Waals surface area contributed by atoms with E-state index in [0.29, 0.717) is 16.7 Å². The quantitative estimate of drug-likeness (QED) is 0.368. The molecule has 0 aliphatic heterocycles. The fourth-order valence-corrected chi connectivity index (χ4v) is 1.70. The number of nitro benzene ring substituents is 1. The standard InChI is InChI=1S/C15H9FN2O2/c16-14-6-4-12(5-7-14)13(10-17)8-11-2-1-3-15(9-11)18(19)20/h1-9H/b13-8+. The summed E-state index contributed by atoms with van der Waals surface area (Å²) in [6.45, 7) is 0. The molecule has 20 heavy (non-hydrogen) atoms. The number of rotatable bonds is 3. The highest BCUT2D eigenvalue weighted by Gasteiger charge is 2.06. The average molecular weight is 268 g/mol. The largest absolute Gasteiger partial charge is 0.270 e. The molecule has 2 aromatic rings. The van der Waals surface area contributed by atoms with Gasteiger partial charge in [0.05, 0.1) is 16.6 Å². The Balaban J connectivity index is 2.41. The normalized spacial score (nSPS) is 10.9. The molecule has 5 heteroatoms. The summed E-state index contributed by atoms with van der Waals surface area (Å²) in [5.74, 6) is -0.388. The lowest BCUT2D eigenvalue weighted by molar-refractivity contribution is -0.384. The number of benzene rings is 2. The van der Waals surface area contributed by atoms with Crippen molar-refractivity contribution in [2.75, 3.05) is 0 Å². The zero-order chi connectivity index (χ0) is 14.5. The highest BCUT2D eigenvalue weighted by molar-refractivity contribution is 5.89. The fraction of sp³-hybridized carbons (Fsp3) is 0. The number of non-ortho nitro benzene ring substituents is 1. The van der Waals surface area contributed by atoms with Crippen molar-refractivity contribution in [1.82, 2.24) is 0 Å². The lowest BCUT2D eigenvalue weighted by atomic mass is 10.0. The van der Waals surface area contributed by atoms with E-state index in [1.165, 1.54) is 42.5 Å². The zero-order valence-electron chi connectivity index (χ0n) is 10.3. The maximum atomic E-state index is 12.8. The van der Waals surface area contributed by atoms with Gasteiger partial charge in [-0.05, 0) is 29.3 Å². The van der Waals surface area contributed by atoms with E-state index in [4.69, 9.17) is 5.26 Å². The van der Waals surface area contributed by atoms with Gasteiger partial charge in [0.2, 0.25) is 0 Å². The minimum Gasteiger partial charge on any atom is -0.258 e. The lowest BCUT2D eigenvalue weighted by Gasteiger charge is -2.00. The maximum absolute atomic E-state index is 12.8. The molecular weight excluding hydrogens is 259 g/mol. The first-order valence-corrected chi connectivity index (χ1v) is 5.72. The van der Waals surface area contributed by atoms with Crippen LogP contribution in [0.25, 0.3) is 11.6 Å². The van der Waals surface area contributed by atoms with Crippen LogP contribution in [0.1, 0.15) is 11.1 Å². The highest BCUT2D eigenvalue weighted by Crippen LogP contribution is 2.20. The van der Waals surface area contributed by atoms with Crippen molar-refractivity contribution in [3.63, 3.8) is 0 Å². The summed E-state index contributed by atoms with van der Waals surface area (Å²) in [6, 6.07) is 13.5. The van der Waals surface area contributed by atoms with E-state index in [-0.39, 0.29) is 11.5 Å². The fourth-order valence-electron chi connectivity index (χ4n) is 1.70. The summed E-state index contributed by atoms with van der Waals surface area (Å²) in [5.41, 5.74) is 1.36. The number of hydrogen-bond donors (Lipinski definition) is 0. The molecule has 0 saturated heterocycles. The molecule has 0 N–H and O–H groups in total. The van der Waals surface area contributed by atoms with Crippen LogP contribution in [-0.4, -0.2) is 4.92 Å². The zero-order valence-corrected chi connectivity index (χ0v) is 10.3. The first-order chi connectivity index (χ1) is 9.60. The van der Waals surface area contributed by atoms with Gasteiger partial charge in [0.1, 0.15) is 5.82 Å². The van der Waals surface area contributed by atoms with E-state index in [1.54, 1.807) is 12.1 Å². The summed E-state index contributed by atoms with van der Waals surface area (Å²) < 4.78 is 12.8. The van der Waals surface area contributed by atoms with Gasteiger partial charge in [-0.15, -0.1) is 0 Å². The second-order valence-corrected chi connectivity index (χ2v) is 4.03. The van der Waals surface area contributed by atoms with E-state index >= 15 is 0 Å². The van der Waals surface area contributed by atoms with Crippen LogP contribution in [0, 0.1) is 27.3 Å². The van der Waals surface area contributed by atoms with Crippen molar-refractivity contribution in [3.05, 3.63) is 75.6 Å². The van der Waals surface area contributed by atoms with Gasteiger partial charge in [-0.2, -0.15) is 5.26 Å². The van der Waals surface area contributed by atoms with Gasteiger partial charge in [0.15, 0.2) is 0 Å². The van der Waals surface area contributed by atoms with Crippen LogP contribution < -0.4 is 0 Å². The molecule has 0 amide bonds. The molecular formula is C15H9FN2O2. The number of nitro groups is 1. The average Bonchev–Trinajstić information content (AvgIpc) is 2.46. The second kappa shape index (κ2) is 5.76. The van der Waals surface area contributed by atoms with Crippen LogP contribution in [0.15, 0.2) is 48.5 Å². The minimum atomic E-state index is -0.499. The molecule has 0 atom stereocenters. The van der Waals surface area contributed by atoms with Crippen LogP contribution >= 0.6 is 0 Å². The minimum absolute atomic E-state index is 0.0462. The summed E-state index contributed by atoms with van der Waals surface area (Å²) >= 11 is 0. The van der Waals surface area contributed by atoms with Gasteiger partial charge in [-0.1, -0.05) is 24.3 Å². The van der Waals surface area contributed by atoms with Gasteiger partial charge < -0.3 is 0 Å². The summed E-state index contributed by atoms with van der Waals surface area (Å²) in [5, 5.41) is 19.8. The van der Waals surface area contributed by atoms with Gasteiger partial charge >= 0.3 is 0 Å². The molecule has 0 radical (unpaired) electrons. The number of nitrogens with zero attached hydrogens (tertiary/aromatic N) is 2. The molecule has 0 spiro atoms. The van der Waals surface area contributed by atoms with Gasteiger partial charge in [-0.25, -0.2) is 4.39 Å². The SMILES string of the molecule is N#C/C(=C\c1cccc([N+](=O)[O-])c1)c1ccc(F)cc1. The first kappa shape index (κ1) is 13.4. The number of nitriles is 1. The van der Waals surface area contributed by atoms with Gasteiger partial charge in [-0.3, -0.25) is 10.1 Å². The molecule has 2 rings (SSSR count). The Labute approximate surface area is 114 Å². The molecule has 2 aromatic carbocycles. The van der Waals surface area contributed by atoms with Crippen LogP contribution in [0.4, 0.5) is 10.1 Å². The van der Waals surface area contributed by atoms with E-state index in [1.807, 2.05) is 6.07 Å². The predicted octanol–water partition coefficient (Wildman–Crippen LogP) is 3.80. The second-order valence-electron chi connectivity index (χ2n) is 4.03. The topological polar surface area (TPSA) is 66.9 Å². The van der Waals surface area contributed by atoms with Crippen LogP contribution in [0.5, 0.6) is 0 Å². The van der Waals surface area contributed by atoms with Crippen LogP contribution in [0.3, 0.4) is 0 Å². The Morgan fingerprint density at radius 2 is 1.95 bits per heavy atom. The summed E-state index contributed by atoms with van der Waals surface area (Å²) in [6.07, 6.45) is 1.53. The molecule has 4 nitrogen and oxygen atoms in total. The van der Waals surface area contributed by atoms with E-state index in [0.717, 1.165) is 0 Å². The Kier molecular flexibility index (Phi) is 3.87. The smallest absolute Gasteiger partial charge is 0.258 e. The number of hydrogen-bond acceptors (Lipinski definition) is 3. The van der Waals surface area contributed by atoms with Crippen molar-refractivity contribution in [3.8, 4) is 6.07 Å². The molecule has 0 aromatic heterocycles. The predicted molar refractivity (Wildman–Crippen MR) is 73.0 cm³/mol. The Bertz CT molecular complexity index is 715. The third-order valence-electron chi connectivity index (χ3n) is 2.67. The van der Waals surface area contributed by atoms with Crippen molar-refractivity contribution in [2.45, 2.75) is 0 Å². The summed E-state index contributed by atoms with van der Waals surface area (Å²) in [7, 11) is 0. The molecule has 0 bridgehead atoms. The Hall–Kier alpha value is -3.00. The van der Waals surface area contributed by atoms with Crippen molar-refractivity contribution in [2.24, 2.45) is 0 Å². The van der Waals surface area contributed by atoms with Crippen LogP contribution in [0.2, 0.25) is 0 Å². The molecule has 0 unspecified atom stereocenters. The molecule has 0 aliphatic carbocycles. The van der Waals surface area contributed by atoms with Crippen molar-refractivity contribution >= 4 is 17.3 Å². The van der Waals surface area contributed by atoms with Crippen LogP contribution in [-0.2, 0) is 0 Å². The van der Waals surface area contributed by atoms with E-state index in [2.05, 4.69) is 0 Å². The molecule has 0 saturated carbocycles. The third-order valence-corrected chi connectivity index (χ3v) is 2.67. The Morgan fingerprint density at radius 3 is 2.55 bits per heavy atom. The third kappa shape index (κ3) is 3.06. The molecule has 0 aliphatic rings. The van der Waals surface area contributed by atoms with Gasteiger partial charge in [0.25, 0.3) is 5.69 Å². The first-order valence-electron chi connectivity index (χ1n) is 5.72. The highest BCUT2D eigenvalue weighted by atomic mass is 19.1. The number of halogens is 1. The molecule has 0 heterocycles. The lowest BCUT2D eigenvalue weighted by Crippen LogP contribution is -1.88. The molecule has 98 valence electrons. The van der Waals surface area contributed by atoms with E-state index < -0.39 is 4.92 Å². The summed E-state index contributed by atoms with van der Waals surface area (Å²) in [4.78, 5) is 10.2. The maximum Gasteiger partial charge on any atom is 0.270 e. The Morgan fingerprint density at radius 1 is 1.25 bits per heavy atom. The molecule has 0 fully saturated rings. The van der Waals surface area contributed by atoms with Crippen molar-refractivity contribution in [1.29, 1.82) is 5.26 Å². The van der Waals surface area contributed by atoms with Gasteiger partial charge in [0, 0.05) is 12.1 Å². The van der Waals surface area contributed by atoms with E-state index in [9.17, 15) is 14.5 Å². The number of allylic oxidation sites excluding steroid dienone is 1. The monoisotopic (exact) mass is 268 g/mol.